The van der Waals surface area contributed by atoms with Crippen LogP contribution in [0.5, 0.6) is 0 Å². The average molecular weight is 428 g/mol. The van der Waals surface area contributed by atoms with E-state index in [1.54, 1.807) is 23.4 Å². The maximum absolute atomic E-state index is 13.1. The van der Waals surface area contributed by atoms with Crippen molar-refractivity contribution in [2.45, 2.75) is 27.2 Å². The summed E-state index contributed by atoms with van der Waals surface area (Å²) < 4.78 is 0. The van der Waals surface area contributed by atoms with Crippen LogP contribution in [-0.4, -0.2) is 33.3 Å². The van der Waals surface area contributed by atoms with Crippen molar-refractivity contribution in [2.24, 2.45) is 0 Å². The monoisotopic (exact) mass is 427 g/mol. The zero-order valence-corrected chi connectivity index (χ0v) is 17.7. The third-order valence-electron chi connectivity index (χ3n) is 4.58. The Balaban J connectivity index is 1.70. The van der Waals surface area contributed by atoms with E-state index in [0.29, 0.717) is 39.5 Å². The molecule has 0 spiro atoms. The number of aromatic nitrogens is 3. The number of pyridine rings is 2. The zero-order valence-electron chi connectivity index (χ0n) is 16.1. The number of aryl methyl sites for hydroxylation is 2. The average Bonchev–Trinajstić information content (AvgIpc) is 3.06. The summed E-state index contributed by atoms with van der Waals surface area (Å²) in [6, 6.07) is 3.84. The maximum atomic E-state index is 13.1. The Hall–Kier alpha value is -2.84. The molecule has 0 aliphatic carbocycles. The molecule has 1 N–H and O–H groups in total. The van der Waals surface area contributed by atoms with Crippen LogP contribution in [0.3, 0.4) is 0 Å². The van der Waals surface area contributed by atoms with E-state index in [1.165, 1.54) is 18.3 Å². The first-order valence-electron chi connectivity index (χ1n) is 9.02. The molecule has 3 aromatic heterocycles. The number of amides is 2. The molecule has 0 atom stereocenters. The van der Waals surface area contributed by atoms with Gasteiger partial charge in [0.15, 0.2) is 5.13 Å². The quantitative estimate of drug-likeness (QED) is 0.681. The highest BCUT2D eigenvalue weighted by atomic mass is 35.5. The first-order valence-corrected chi connectivity index (χ1v) is 10.2. The number of nitrogens with zero attached hydrogens (tertiary/aromatic N) is 4. The number of halogens is 1. The Morgan fingerprint density at radius 2 is 2.03 bits per heavy atom. The standard InChI is InChI=1S/C20H18ClN5O2S/c1-10-6-11(2)17(23-8-10)13-7-16(22-9-14(13)21)26-5-4-15-18(19(26)28)29-20(25-15)24-12(3)27/h6-9H,4-5H2,1-3H3,(H,24,25,27). The lowest BCUT2D eigenvalue weighted by Crippen LogP contribution is -2.37. The van der Waals surface area contributed by atoms with Crippen molar-refractivity contribution < 1.29 is 9.59 Å². The van der Waals surface area contributed by atoms with E-state index < -0.39 is 0 Å². The molecule has 7 nitrogen and oxygen atoms in total. The number of hydrogen-bond acceptors (Lipinski definition) is 6. The van der Waals surface area contributed by atoms with E-state index >= 15 is 0 Å². The van der Waals surface area contributed by atoms with Gasteiger partial charge < -0.3 is 5.32 Å². The van der Waals surface area contributed by atoms with Crippen molar-refractivity contribution in [3.05, 3.63) is 51.2 Å². The molecule has 0 unspecified atom stereocenters. The third-order valence-corrected chi connectivity index (χ3v) is 5.88. The second-order valence-electron chi connectivity index (χ2n) is 6.88. The molecule has 0 saturated heterocycles. The van der Waals surface area contributed by atoms with Crippen LogP contribution in [0.15, 0.2) is 24.5 Å². The minimum absolute atomic E-state index is 0.185. The SMILES string of the molecule is CC(=O)Nc1nc2c(s1)C(=O)N(c1cc(-c3ncc(C)cc3C)c(Cl)cn1)CC2. The van der Waals surface area contributed by atoms with Crippen molar-refractivity contribution in [3.63, 3.8) is 0 Å². The second-order valence-corrected chi connectivity index (χ2v) is 8.29. The molecule has 0 bridgehead atoms. The van der Waals surface area contributed by atoms with Crippen LogP contribution >= 0.6 is 22.9 Å². The first-order chi connectivity index (χ1) is 13.8. The summed E-state index contributed by atoms with van der Waals surface area (Å²) in [5.41, 5.74) is 4.26. The molecule has 3 aromatic rings. The van der Waals surface area contributed by atoms with Crippen LogP contribution in [0, 0.1) is 13.8 Å². The van der Waals surface area contributed by atoms with Gasteiger partial charge in [0.2, 0.25) is 5.91 Å². The highest BCUT2D eigenvalue weighted by molar-refractivity contribution is 7.17. The molecule has 4 rings (SSSR count). The maximum Gasteiger partial charge on any atom is 0.271 e. The first kappa shape index (κ1) is 19.5. The number of nitrogens with one attached hydrogen (secondary N) is 1. The van der Waals surface area contributed by atoms with Gasteiger partial charge in [-0.2, -0.15) is 0 Å². The van der Waals surface area contributed by atoms with Crippen LogP contribution in [0.4, 0.5) is 10.9 Å². The lowest BCUT2D eigenvalue weighted by atomic mass is 10.1. The van der Waals surface area contributed by atoms with E-state index in [2.05, 4.69) is 20.3 Å². The summed E-state index contributed by atoms with van der Waals surface area (Å²) >= 11 is 7.57. The molecule has 0 aromatic carbocycles. The predicted molar refractivity (Wildman–Crippen MR) is 114 cm³/mol. The molecule has 2 amide bonds. The fourth-order valence-electron chi connectivity index (χ4n) is 3.31. The summed E-state index contributed by atoms with van der Waals surface area (Å²) in [5, 5.41) is 3.55. The molecule has 1 aliphatic rings. The van der Waals surface area contributed by atoms with Gasteiger partial charge in [-0.15, -0.1) is 0 Å². The Labute approximate surface area is 176 Å². The summed E-state index contributed by atoms with van der Waals surface area (Å²) in [6.45, 7) is 5.82. The second kappa shape index (κ2) is 7.53. The molecule has 0 saturated carbocycles. The van der Waals surface area contributed by atoms with Crippen molar-refractivity contribution in [3.8, 4) is 11.3 Å². The van der Waals surface area contributed by atoms with Gasteiger partial charge in [-0.05, 0) is 31.0 Å². The van der Waals surface area contributed by atoms with Crippen molar-refractivity contribution in [1.82, 2.24) is 15.0 Å². The molecule has 0 radical (unpaired) electrons. The lowest BCUT2D eigenvalue weighted by molar-refractivity contribution is -0.114. The van der Waals surface area contributed by atoms with Gasteiger partial charge in [0.25, 0.3) is 5.91 Å². The predicted octanol–water partition coefficient (Wildman–Crippen LogP) is 4.03. The Morgan fingerprint density at radius 1 is 1.24 bits per heavy atom. The molecule has 29 heavy (non-hydrogen) atoms. The van der Waals surface area contributed by atoms with E-state index in [1.807, 2.05) is 19.9 Å². The molecular formula is C20H18ClN5O2S. The number of rotatable bonds is 3. The van der Waals surface area contributed by atoms with Gasteiger partial charge in [0, 0.05) is 37.8 Å². The fraction of sp³-hybridized carbons (Fsp3) is 0.250. The molecule has 0 fully saturated rings. The normalized spacial score (nSPS) is 13.4. The van der Waals surface area contributed by atoms with Gasteiger partial charge in [-0.1, -0.05) is 29.0 Å². The van der Waals surface area contributed by atoms with Gasteiger partial charge in [-0.25, -0.2) is 9.97 Å². The van der Waals surface area contributed by atoms with Crippen LogP contribution in [0.1, 0.15) is 33.4 Å². The summed E-state index contributed by atoms with van der Waals surface area (Å²) in [7, 11) is 0. The Bertz CT molecular complexity index is 1140. The summed E-state index contributed by atoms with van der Waals surface area (Å²) in [6.07, 6.45) is 3.92. The van der Waals surface area contributed by atoms with E-state index in [4.69, 9.17) is 11.6 Å². The highest BCUT2D eigenvalue weighted by Crippen LogP contribution is 2.34. The zero-order chi connectivity index (χ0) is 20.7. The molecule has 148 valence electrons. The van der Waals surface area contributed by atoms with Crippen molar-refractivity contribution >= 4 is 45.7 Å². The topological polar surface area (TPSA) is 88.1 Å². The van der Waals surface area contributed by atoms with Gasteiger partial charge in [0.1, 0.15) is 10.7 Å². The molecule has 4 heterocycles. The van der Waals surface area contributed by atoms with E-state index in [-0.39, 0.29) is 11.8 Å². The third kappa shape index (κ3) is 3.73. The van der Waals surface area contributed by atoms with Gasteiger partial charge >= 0.3 is 0 Å². The van der Waals surface area contributed by atoms with Gasteiger partial charge in [-0.3, -0.25) is 19.5 Å². The van der Waals surface area contributed by atoms with Crippen LogP contribution in [-0.2, 0) is 11.2 Å². The largest absolute Gasteiger partial charge is 0.302 e. The minimum atomic E-state index is -0.217. The summed E-state index contributed by atoms with van der Waals surface area (Å²) in [4.78, 5) is 39.7. The summed E-state index contributed by atoms with van der Waals surface area (Å²) in [5.74, 6) is 0.108. The molecular weight excluding hydrogens is 410 g/mol. The lowest BCUT2D eigenvalue weighted by Gasteiger charge is -2.25. The van der Waals surface area contributed by atoms with Crippen LogP contribution < -0.4 is 10.2 Å². The van der Waals surface area contributed by atoms with E-state index in [9.17, 15) is 9.59 Å². The smallest absolute Gasteiger partial charge is 0.271 e. The van der Waals surface area contributed by atoms with Gasteiger partial charge in [0.05, 0.1) is 16.4 Å². The fourth-order valence-corrected chi connectivity index (χ4v) is 4.51. The number of hydrogen-bond donors (Lipinski definition) is 1. The number of carbonyl (C=O) groups is 2. The van der Waals surface area contributed by atoms with Crippen molar-refractivity contribution in [2.75, 3.05) is 16.8 Å². The number of carbonyl (C=O) groups excluding carboxylic acids is 2. The van der Waals surface area contributed by atoms with E-state index in [0.717, 1.165) is 22.4 Å². The minimum Gasteiger partial charge on any atom is -0.302 e. The Kier molecular flexibility index (Phi) is 5.06. The van der Waals surface area contributed by atoms with Crippen molar-refractivity contribution in [1.29, 1.82) is 0 Å². The Morgan fingerprint density at radius 3 is 2.76 bits per heavy atom. The van der Waals surface area contributed by atoms with Crippen LogP contribution in [0.2, 0.25) is 5.02 Å². The molecule has 1 aliphatic heterocycles. The van der Waals surface area contributed by atoms with Crippen LogP contribution in [0.25, 0.3) is 11.3 Å². The number of anilines is 2. The highest BCUT2D eigenvalue weighted by Gasteiger charge is 2.30. The molecule has 9 heteroatoms. The number of fused-ring (bicyclic) bond motifs is 1. The number of thiazole rings is 1.